The first-order chi connectivity index (χ1) is 10.1. The highest BCUT2D eigenvalue weighted by Gasteiger charge is 2.41. The molecule has 0 bridgehead atoms. The van der Waals surface area contributed by atoms with Gasteiger partial charge in [-0.05, 0) is 50.7 Å². The molecule has 1 saturated carbocycles. The lowest BCUT2D eigenvalue weighted by Crippen LogP contribution is -2.43. The van der Waals surface area contributed by atoms with E-state index in [1.165, 1.54) is 19.3 Å². The van der Waals surface area contributed by atoms with E-state index in [1.54, 1.807) is 6.20 Å². The number of nitrogens with zero attached hydrogens (tertiary/aromatic N) is 1. The molecule has 1 unspecified atom stereocenters. The highest BCUT2D eigenvalue weighted by atomic mass is 16.5. The quantitative estimate of drug-likeness (QED) is 0.771. The molecule has 2 heterocycles. The van der Waals surface area contributed by atoms with E-state index in [0.717, 1.165) is 43.4 Å². The van der Waals surface area contributed by atoms with Crippen LogP contribution >= 0.6 is 0 Å². The topological polar surface area (TPSA) is 39.2 Å². The van der Waals surface area contributed by atoms with Crippen LogP contribution in [0.3, 0.4) is 0 Å². The third-order valence-corrected chi connectivity index (χ3v) is 5.08. The van der Waals surface area contributed by atoms with Crippen LogP contribution in [0.1, 0.15) is 66.6 Å². The van der Waals surface area contributed by atoms with Gasteiger partial charge in [-0.25, -0.2) is 0 Å². The number of aromatic nitrogens is 1. The number of ether oxygens (including phenoxy) is 1. The second-order valence-corrected chi connectivity index (χ2v) is 6.82. The van der Waals surface area contributed by atoms with Gasteiger partial charge in [0, 0.05) is 18.7 Å². The smallest absolute Gasteiger partial charge is 0.184 e. The molecule has 2 aliphatic rings. The Morgan fingerprint density at radius 2 is 2.05 bits per heavy atom. The molecular weight excluding hydrogens is 262 g/mol. The lowest BCUT2D eigenvalue weighted by Gasteiger charge is -2.43. The van der Waals surface area contributed by atoms with E-state index in [0.29, 0.717) is 5.69 Å². The molecule has 1 aliphatic heterocycles. The van der Waals surface area contributed by atoms with Crippen LogP contribution in [0.4, 0.5) is 0 Å². The van der Waals surface area contributed by atoms with Gasteiger partial charge in [0.2, 0.25) is 0 Å². The molecule has 21 heavy (non-hydrogen) atoms. The first-order valence-electron chi connectivity index (χ1n) is 8.21. The molecule has 0 N–H and O–H groups in total. The van der Waals surface area contributed by atoms with Gasteiger partial charge in [-0.2, -0.15) is 0 Å². The summed E-state index contributed by atoms with van der Waals surface area (Å²) in [7, 11) is 0. The normalized spacial score (nSPS) is 25.0. The van der Waals surface area contributed by atoms with E-state index >= 15 is 0 Å². The van der Waals surface area contributed by atoms with Gasteiger partial charge in [0.15, 0.2) is 5.78 Å². The summed E-state index contributed by atoms with van der Waals surface area (Å²) < 4.78 is 6.10. The summed E-state index contributed by atoms with van der Waals surface area (Å²) in [4.78, 5) is 17.2. The Morgan fingerprint density at radius 3 is 2.76 bits per heavy atom. The average molecular weight is 287 g/mol. The van der Waals surface area contributed by atoms with Crippen molar-refractivity contribution in [3.05, 3.63) is 29.1 Å². The van der Waals surface area contributed by atoms with Gasteiger partial charge in [0.25, 0.3) is 0 Å². The van der Waals surface area contributed by atoms with Gasteiger partial charge >= 0.3 is 0 Å². The third-order valence-electron chi connectivity index (χ3n) is 5.08. The first-order valence-corrected chi connectivity index (χ1v) is 8.21. The van der Waals surface area contributed by atoms with E-state index in [2.05, 4.69) is 11.1 Å². The minimum atomic E-state index is -0.0184. The lowest BCUT2D eigenvalue weighted by atomic mass is 9.74. The van der Waals surface area contributed by atoms with Gasteiger partial charge in [0.1, 0.15) is 5.69 Å². The number of aryl methyl sites for hydroxylation is 2. The standard InChI is InChI=1S/C18H25NO2/c1-13-10-14(2)16(19-12-13)17(20)15-6-9-21-18(11-15)7-4-3-5-8-18/h10,12,15H,3-9,11H2,1-2H3. The highest BCUT2D eigenvalue weighted by Crippen LogP contribution is 2.41. The van der Waals surface area contributed by atoms with Crippen molar-refractivity contribution in [3.63, 3.8) is 0 Å². The lowest BCUT2D eigenvalue weighted by molar-refractivity contribution is -0.111. The van der Waals surface area contributed by atoms with E-state index in [-0.39, 0.29) is 17.3 Å². The van der Waals surface area contributed by atoms with Gasteiger partial charge in [0.05, 0.1) is 5.60 Å². The molecule has 3 nitrogen and oxygen atoms in total. The summed E-state index contributed by atoms with van der Waals surface area (Å²) >= 11 is 0. The van der Waals surface area contributed by atoms with Crippen molar-refractivity contribution in [1.29, 1.82) is 0 Å². The van der Waals surface area contributed by atoms with Crippen molar-refractivity contribution in [3.8, 4) is 0 Å². The molecule has 3 heteroatoms. The van der Waals surface area contributed by atoms with Crippen LogP contribution in [0.15, 0.2) is 12.3 Å². The molecule has 0 aromatic carbocycles. The van der Waals surface area contributed by atoms with E-state index < -0.39 is 0 Å². The Labute approximate surface area is 127 Å². The van der Waals surface area contributed by atoms with Crippen LogP contribution < -0.4 is 0 Å². The second-order valence-electron chi connectivity index (χ2n) is 6.82. The number of hydrogen-bond acceptors (Lipinski definition) is 3. The number of hydrogen-bond donors (Lipinski definition) is 0. The average Bonchev–Trinajstić information content (AvgIpc) is 2.47. The minimum absolute atomic E-state index is 0.0184. The van der Waals surface area contributed by atoms with E-state index in [1.807, 2.05) is 13.8 Å². The van der Waals surface area contributed by atoms with Crippen molar-refractivity contribution in [2.75, 3.05) is 6.61 Å². The maximum absolute atomic E-state index is 12.8. The summed E-state index contributed by atoms with van der Waals surface area (Å²) in [6.45, 7) is 4.73. The SMILES string of the molecule is Cc1cnc(C(=O)C2CCOC3(CCCCC3)C2)c(C)c1. The number of carbonyl (C=O) groups excluding carboxylic acids is 1. The van der Waals surface area contributed by atoms with Crippen LogP contribution in [0.5, 0.6) is 0 Å². The molecular formula is C18H25NO2. The molecule has 0 radical (unpaired) electrons. The molecule has 114 valence electrons. The zero-order chi connectivity index (χ0) is 14.9. The highest BCUT2D eigenvalue weighted by molar-refractivity contribution is 5.97. The van der Waals surface area contributed by atoms with E-state index in [4.69, 9.17) is 4.74 Å². The zero-order valence-electron chi connectivity index (χ0n) is 13.2. The Kier molecular flexibility index (Phi) is 4.12. The Bertz CT molecular complexity index is 527. The fraction of sp³-hybridized carbons (Fsp3) is 0.667. The Balaban J connectivity index is 1.77. The van der Waals surface area contributed by atoms with Crippen LogP contribution in [-0.4, -0.2) is 23.0 Å². The molecule has 2 fully saturated rings. The summed E-state index contributed by atoms with van der Waals surface area (Å²) in [5.74, 6) is 0.312. The summed E-state index contributed by atoms with van der Waals surface area (Å²) in [6, 6.07) is 2.05. The number of rotatable bonds is 2. The predicted molar refractivity (Wildman–Crippen MR) is 82.5 cm³/mol. The van der Waals surface area contributed by atoms with E-state index in [9.17, 15) is 4.79 Å². The minimum Gasteiger partial charge on any atom is -0.375 e. The first kappa shape index (κ1) is 14.7. The van der Waals surface area contributed by atoms with Crippen molar-refractivity contribution >= 4 is 5.78 Å². The van der Waals surface area contributed by atoms with Gasteiger partial charge in [-0.1, -0.05) is 25.3 Å². The molecule has 1 aromatic rings. The van der Waals surface area contributed by atoms with Crippen molar-refractivity contribution in [1.82, 2.24) is 4.98 Å². The number of carbonyl (C=O) groups is 1. The number of pyridine rings is 1. The van der Waals surface area contributed by atoms with Gasteiger partial charge in [-0.15, -0.1) is 0 Å². The monoisotopic (exact) mass is 287 g/mol. The van der Waals surface area contributed by atoms with Crippen molar-refractivity contribution < 1.29 is 9.53 Å². The summed E-state index contributed by atoms with van der Waals surface area (Å²) in [6.07, 6.45) is 9.56. The molecule has 0 amide bonds. The van der Waals surface area contributed by atoms with Gasteiger partial charge < -0.3 is 4.74 Å². The maximum Gasteiger partial charge on any atom is 0.184 e. The van der Waals surface area contributed by atoms with Crippen LogP contribution in [0, 0.1) is 19.8 Å². The largest absolute Gasteiger partial charge is 0.375 e. The fourth-order valence-corrected chi connectivity index (χ4v) is 3.96. The van der Waals surface area contributed by atoms with Crippen molar-refractivity contribution in [2.45, 2.75) is 64.4 Å². The third kappa shape index (κ3) is 3.03. The molecule has 1 saturated heterocycles. The molecule has 3 rings (SSSR count). The zero-order valence-corrected chi connectivity index (χ0v) is 13.2. The Morgan fingerprint density at radius 1 is 1.29 bits per heavy atom. The fourth-order valence-electron chi connectivity index (χ4n) is 3.96. The summed E-state index contributed by atoms with van der Waals surface area (Å²) in [5.41, 5.74) is 2.76. The molecule has 1 aromatic heterocycles. The summed E-state index contributed by atoms with van der Waals surface area (Å²) in [5, 5.41) is 0. The van der Waals surface area contributed by atoms with Crippen molar-refractivity contribution in [2.24, 2.45) is 5.92 Å². The van der Waals surface area contributed by atoms with Gasteiger partial charge in [-0.3, -0.25) is 9.78 Å². The molecule has 1 aliphatic carbocycles. The second kappa shape index (κ2) is 5.88. The number of Topliss-reactive ketones (excluding diaryl/α,β-unsaturated/α-hetero) is 1. The Hall–Kier alpha value is -1.22. The number of ketones is 1. The van der Waals surface area contributed by atoms with Crippen LogP contribution in [-0.2, 0) is 4.74 Å². The van der Waals surface area contributed by atoms with Crippen LogP contribution in [0.25, 0.3) is 0 Å². The molecule has 1 spiro atoms. The maximum atomic E-state index is 12.8. The molecule has 1 atom stereocenters. The van der Waals surface area contributed by atoms with Crippen LogP contribution in [0.2, 0.25) is 0 Å². The predicted octanol–water partition coefficient (Wildman–Crippen LogP) is 4.01.